The second-order valence-electron chi connectivity index (χ2n) is 4.71. The SMILES string of the molecule is NCc1nc(C(=O)NCCS(=O)(=O)NCc2ccccc2)cs1. The summed E-state index contributed by atoms with van der Waals surface area (Å²) < 4.78 is 26.3. The van der Waals surface area contributed by atoms with Gasteiger partial charge in [-0.3, -0.25) is 4.79 Å². The zero-order valence-electron chi connectivity index (χ0n) is 12.4. The van der Waals surface area contributed by atoms with Crippen molar-refractivity contribution in [3.63, 3.8) is 0 Å². The molecule has 2 rings (SSSR count). The fourth-order valence-electron chi connectivity index (χ4n) is 1.76. The topological polar surface area (TPSA) is 114 Å². The van der Waals surface area contributed by atoms with Gasteiger partial charge in [0.25, 0.3) is 5.91 Å². The average Bonchev–Trinajstić information content (AvgIpc) is 3.03. The van der Waals surface area contributed by atoms with Gasteiger partial charge in [0.1, 0.15) is 10.7 Å². The van der Waals surface area contributed by atoms with Crippen molar-refractivity contribution in [1.29, 1.82) is 0 Å². The number of nitrogens with zero attached hydrogens (tertiary/aromatic N) is 1. The summed E-state index contributed by atoms with van der Waals surface area (Å²) in [6, 6.07) is 9.21. The van der Waals surface area contributed by atoms with E-state index in [0.29, 0.717) is 5.01 Å². The summed E-state index contributed by atoms with van der Waals surface area (Å²) in [5.74, 6) is -0.598. The lowest BCUT2D eigenvalue weighted by molar-refractivity contribution is 0.0951. The molecule has 0 aliphatic carbocycles. The molecule has 0 saturated heterocycles. The maximum atomic E-state index is 11.9. The first-order valence-corrected chi connectivity index (χ1v) is 9.47. The van der Waals surface area contributed by atoms with E-state index in [1.807, 2.05) is 30.3 Å². The van der Waals surface area contributed by atoms with E-state index in [1.54, 1.807) is 5.38 Å². The average molecular weight is 354 g/mol. The molecule has 7 nitrogen and oxygen atoms in total. The number of sulfonamides is 1. The lowest BCUT2D eigenvalue weighted by Gasteiger charge is -2.07. The number of carbonyl (C=O) groups is 1. The Balaban J connectivity index is 1.77. The van der Waals surface area contributed by atoms with Crippen molar-refractivity contribution in [1.82, 2.24) is 15.0 Å². The third kappa shape index (κ3) is 5.71. The van der Waals surface area contributed by atoms with Gasteiger partial charge in [-0.15, -0.1) is 11.3 Å². The van der Waals surface area contributed by atoms with E-state index in [0.717, 1.165) is 5.56 Å². The van der Waals surface area contributed by atoms with Crippen LogP contribution in [0.3, 0.4) is 0 Å². The maximum Gasteiger partial charge on any atom is 0.270 e. The van der Waals surface area contributed by atoms with Crippen LogP contribution in [0.5, 0.6) is 0 Å². The molecule has 0 aliphatic rings. The number of carbonyl (C=O) groups excluding carboxylic acids is 1. The summed E-state index contributed by atoms with van der Waals surface area (Å²) in [7, 11) is -3.46. The van der Waals surface area contributed by atoms with E-state index in [4.69, 9.17) is 5.73 Å². The van der Waals surface area contributed by atoms with E-state index in [-0.39, 0.29) is 31.1 Å². The van der Waals surface area contributed by atoms with Crippen molar-refractivity contribution in [3.8, 4) is 0 Å². The second-order valence-corrected chi connectivity index (χ2v) is 7.58. The third-order valence-corrected chi connectivity index (χ3v) is 5.15. The molecule has 1 aromatic carbocycles. The van der Waals surface area contributed by atoms with Crippen molar-refractivity contribution >= 4 is 27.3 Å². The Labute approximate surface area is 139 Å². The number of aromatic nitrogens is 1. The number of amides is 1. The van der Waals surface area contributed by atoms with Crippen LogP contribution >= 0.6 is 11.3 Å². The van der Waals surface area contributed by atoms with Crippen molar-refractivity contribution in [2.75, 3.05) is 12.3 Å². The number of thiazole rings is 1. The van der Waals surface area contributed by atoms with Gasteiger partial charge in [-0.1, -0.05) is 30.3 Å². The molecule has 23 heavy (non-hydrogen) atoms. The molecule has 0 atom stereocenters. The lowest BCUT2D eigenvalue weighted by atomic mass is 10.2. The van der Waals surface area contributed by atoms with Crippen molar-refractivity contribution in [2.24, 2.45) is 5.73 Å². The fourth-order valence-corrected chi connectivity index (χ4v) is 3.32. The molecule has 1 heterocycles. The lowest BCUT2D eigenvalue weighted by Crippen LogP contribution is -2.34. The minimum Gasteiger partial charge on any atom is -0.350 e. The Morgan fingerprint density at radius 1 is 1.26 bits per heavy atom. The predicted octanol–water partition coefficient (Wildman–Crippen LogP) is 0.451. The summed E-state index contributed by atoms with van der Waals surface area (Å²) in [6.45, 7) is 0.511. The first-order valence-electron chi connectivity index (χ1n) is 6.94. The van der Waals surface area contributed by atoms with Crippen molar-refractivity contribution in [3.05, 3.63) is 52.0 Å². The Kier molecular flexibility index (Phi) is 6.22. The smallest absolute Gasteiger partial charge is 0.270 e. The van der Waals surface area contributed by atoms with Crippen LogP contribution in [0.15, 0.2) is 35.7 Å². The van der Waals surface area contributed by atoms with Gasteiger partial charge in [0.15, 0.2) is 0 Å². The molecular weight excluding hydrogens is 336 g/mol. The molecule has 0 aliphatic heterocycles. The second kappa shape index (κ2) is 8.16. The van der Waals surface area contributed by atoms with Gasteiger partial charge in [0.2, 0.25) is 10.0 Å². The number of nitrogens with one attached hydrogen (secondary N) is 2. The number of nitrogens with two attached hydrogens (primary N) is 1. The Morgan fingerprint density at radius 3 is 2.65 bits per heavy atom. The summed E-state index contributed by atoms with van der Waals surface area (Å²) in [4.78, 5) is 15.9. The van der Waals surface area contributed by atoms with Crippen LogP contribution in [-0.2, 0) is 23.1 Å². The minimum atomic E-state index is -3.46. The van der Waals surface area contributed by atoms with Gasteiger partial charge in [-0.2, -0.15) is 0 Å². The maximum absolute atomic E-state index is 11.9. The molecule has 0 unspecified atom stereocenters. The normalized spacial score (nSPS) is 11.3. The van der Waals surface area contributed by atoms with Gasteiger partial charge in [-0.05, 0) is 5.56 Å². The number of hydrogen-bond donors (Lipinski definition) is 3. The molecule has 0 saturated carbocycles. The monoisotopic (exact) mass is 354 g/mol. The molecule has 0 radical (unpaired) electrons. The standard InChI is InChI=1S/C14H18N4O3S2/c15-8-13-18-12(10-22-13)14(19)16-6-7-23(20,21)17-9-11-4-2-1-3-5-11/h1-5,10,17H,6-9,15H2,(H,16,19). The number of hydrogen-bond acceptors (Lipinski definition) is 6. The Bertz CT molecular complexity index is 744. The summed E-state index contributed by atoms with van der Waals surface area (Å²) in [6.07, 6.45) is 0. The summed E-state index contributed by atoms with van der Waals surface area (Å²) >= 11 is 1.30. The molecule has 1 amide bonds. The highest BCUT2D eigenvalue weighted by atomic mass is 32.2. The van der Waals surface area contributed by atoms with Gasteiger partial charge >= 0.3 is 0 Å². The van der Waals surface area contributed by atoms with Gasteiger partial charge < -0.3 is 11.1 Å². The molecule has 4 N–H and O–H groups in total. The Morgan fingerprint density at radius 2 is 2.00 bits per heavy atom. The van der Waals surface area contributed by atoms with Crippen molar-refractivity contribution < 1.29 is 13.2 Å². The first kappa shape index (κ1) is 17.5. The van der Waals surface area contributed by atoms with E-state index in [1.165, 1.54) is 11.3 Å². The van der Waals surface area contributed by atoms with Crippen LogP contribution in [0.1, 0.15) is 21.1 Å². The zero-order valence-corrected chi connectivity index (χ0v) is 14.0. The van der Waals surface area contributed by atoms with Crippen molar-refractivity contribution in [2.45, 2.75) is 13.1 Å². The van der Waals surface area contributed by atoms with E-state index >= 15 is 0 Å². The minimum absolute atomic E-state index is 0.0123. The highest BCUT2D eigenvalue weighted by Gasteiger charge is 2.13. The van der Waals surface area contributed by atoms with E-state index in [9.17, 15) is 13.2 Å². The molecule has 0 spiro atoms. The predicted molar refractivity (Wildman–Crippen MR) is 89.4 cm³/mol. The van der Waals surface area contributed by atoms with Crippen LogP contribution in [0.2, 0.25) is 0 Å². The quantitative estimate of drug-likeness (QED) is 0.637. The van der Waals surface area contributed by atoms with Gasteiger partial charge in [-0.25, -0.2) is 18.1 Å². The largest absolute Gasteiger partial charge is 0.350 e. The summed E-state index contributed by atoms with van der Waals surface area (Å²) in [5, 5.41) is 4.79. The molecule has 0 fully saturated rings. The summed E-state index contributed by atoms with van der Waals surface area (Å²) in [5.41, 5.74) is 6.56. The molecular formula is C14H18N4O3S2. The van der Waals surface area contributed by atoms with E-state index < -0.39 is 15.9 Å². The zero-order chi connectivity index (χ0) is 16.7. The third-order valence-electron chi connectivity index (χ3n) is 2.95. The molecule has 0 bridgehead atoms. The van der Waals surface area contributed by atoms with Gasteiger partial charge in [0.05, 0.1) is 5.75 Å². The molecule has 124 valence electrons. The van der Waals surface area contributed by atoms with E-state index in [2.05, 4.69) is 15.0 Å². The van der Waals surface area contributed by atoms with Gasteiger partial charge in [0, 0.05) is 25.0 Å². The highest BCUT2D eigenvalue weighted by Crippen LogP contribution is 2.08. The molecule has 1 aromatic heterocycles. The number of benzene rings is 1. The molecule has 9 heteroatoms. The fraction of sp³-hybridized carbons (Fsp3) is 0.286. The number of rotatable bonds is 8. The van der Waals surface area contributed by atoms with Crippen LogP contribution < -0.4 is 15.8 Å². The first-order chi connectivity index (χ1) is 11.0. The highest BCUT2D eigenvalue weighted by molar-refractivity contribution is 7.89. The van der Waals surface area contributed by atoms with Crippen LogP contribution in [-0.4, -0.2) is 31.6 Å². The van der Waals surface area contributed by atoms with Crippen LogP contribution in [0, 0.1) is 0 Å². The van der Waals surface area contributed by atoms with Crippen LogP contribution in [0.4, 0.5) is 0 Å². The molecule has 2 aromatic rings. The Hall–Kier alpha value is -1.81. The van der Waals surface area contributed by atoms with Crippen LogP contribution in [0.25, 0.3) is 0 Å².